The molecule has 3 nitrogen and oxygen atoms in total. The van der Waals surface area contributed by atoms with E-state index in [9.17, 15) is 0 Å². The number of nitrogens with zero attached hydrogens (tertiary/aromatic N) is 1. The standard InChI is InChI=1S/C10H13ClN2O/c11-10-9(4-2-6-13-10)14-8-3-1-5-12-7-8/h2,4,6,8,12H,1,3,5,7H2. The van der Waals surface area contributed by atoms with Crippen molar-refractivity contribution in [2.45, 2.75) is 18.9 Å². The molecule has 0 radical (unpaired) electrons. The zero-order valence-corrected chi connectivity index (χ0v) is 8.63. The number of halogens is 1. The molecule has 14 heavy (non-hydrogen) atoms. The minimum atomic E-state index is 0.227. The van der Waals surface area contributed by atoms with Crippen molar-refractivity contribution in [2.24, 2.45) is 0 Å². The lowest BCUT2D eigenvalue weighted by atomic mass is 10.1. The summed E-state index contributed by atoms with van der Waals surface area (Å²) in [6.45, 7) is 1.98. The van der Waals surface area contributed by atoms with Crippen LogP contribution in [0.2, 0.25) is 5.15 Å². The Balaban J connectivity index is 1.99. The van der Waals surface area contributed by atoms with Gasteiger partial charge in [-0.3, -0.25) is 0 Å². The van der Waals surface area contributed by atoms with E-state index in [1.807, 2.05) is 12.1 Å². The molecule has 1 atom stereocenters. The van der Waals surface area contributed by atoms with Gasteiger partial charge >= 0.3 is 0 Å². The van der Waals surface area contributed by atoms with Crippen molar-refractivity contribution in [1.29, 1.82) is 0 Å². The Hall–Kier alpha value is -0.800. The Kier molecular flexibility index (Phi) is 3.22. The van der Waals surface area contributed by atoms with Gasteiger partial charge in [-0.2, -0.15) is 0 Å². The number of piperidine rings is 1. The number of aromatic nitrogens is 1. The van der Waals surface area contributed by atoms with Crippen LogP contribution in [-0.4, -0.2) is 24.2 Å². The predicted molar refractivity (Wildman–Crippen MR) is 55.8 cm³/mol. The zero-order valence-electron chi connectivity index (χ0n) is 7.87. The predicted octanol–water partition coefficient (Wildman–Crippen LogP) is 1.87. The fraction of sp³-hybridized carbons (Fsp3) is 0.500. The smallest absolute Gasteiger partial charge is 0.171 e. The van der Waals surface area contributed by atoms with Crippen LogP contribution < -0.4 is 10.1 Å². The van der Waals surface area contributed by atoms with Gasteiger partial charge in [0.1, 0.15) is 6.10 Å². The summed E-state index contributed by atoms with van der Waals surface area (Å²) in [6, 6.07) is 3.68. The highest BCUT2D eigenvalue weighted by Crippen LogP contribution is 2.22. The highest BCUT2D eigenvalue weighted by atomic mass is 35.5. The van der Waals surface area contributed by atoms with Crippen molar-refractivity contribution in [3.8, 4) is 5.75 Å². The van der Waals surface area contributed by atoms with Gasteiger partial charge in [-0.1, -0.05) is 11.6 Å². The maximum atomic E-state index is 5.89. The van der Waals surface area contributed by atoms with Crippen LogP contribution in [0.5, 0.6) is 5.75 Å². The van der Waals surface area contributed by atoms with Gasteiger partial charge < -0.3 is 10.1 Å². The molecule has 0 amide bonds. The van der Waals surface area contributed by atoms with Gasteiger partial charge in [0.05, 0.1) is 0 Å². The second-order valence-corrected chi connectivity index (χ2v) is 3.74. The Morgan fingerprint density at radius 2 is 2.50 bits per heavy atom. The second-order valence-electron chi connectivity index (χ2n) is 3.38. The maximum absolute atomic E-state index is 5.89. The highest BCUT2D eigenvalue weighted by molar-refractivity contribution is 6.30. The summed E-state index contributed by atoms with van der Waals surface area (Å²) >= 11 is 5.89. The summed E-state index contributed by atoms with van der Waals surface area (Å²) in [7, 11) is 0. The molecule has 0 aromatic carbocycles. The summed E-state index contributed by atoms with van der Waals surface area (Å²) in [5.41, 5.74) is 0. The number of pyridine rings is 1. The van der Waals surface area contributed by atoms with Gasteiger partial charge in [-0.25, -0.2) is 4.98 Å². The van der Waals surface area contributed by atoms with E-state index in [0.717, 1.165) is 25.9 Å². The number of ether oxygens (including phenoxy) is 1. The molecule has 1 saturated heterocycles. The van der Waals surface area contributed by atoms with E-state index in [1.165, 1.54) is 0 Å². The fourth-order valence-corrected chi connectivity index (χ4v) is 1.72. The number of rotatable bonds is 2. The highest BCUT2D eigenvalue weighted by Gasteiger charge is 2.15. The molecule has 76 valence electrons. The normalized spacial score (nSPS) is 21.9. The molecule has 1 aliphatic rings. The SMILES string of the molecule is Clc1ncccc1OC1CCCNC1. The van der Waals surface area contributed by atoms with Crippen molar-refractivity contribution in [3.63, 3.8) is 0 Å². The first kappa shape index (κ1) is 9.74. The van der Waals surface area contributed by atoms with E-state index in [4.69, 9.17) is 16.3 Å². The molecular formula is C10H13ClN2O. The maximum Gasteiger partial charge on any atom is 0.171 e. The molecule has 0 spiro atoms. The molecule has 1 unspecified atom stereocenters. The number of hydrogen-bond donors (Lipinski definition) is 1. The van der Waals surface area contributed by atoms with E-state index in [0.29, 0.717) is 10.9 Å². The van der Waals surface area contributed by atoms with Gasteiger partial charge in [0, 0.05) is 12.7 Å². The van der Waals surface area contributed by atoms with E-state index in [2.05, 4.69) is 10.3 Å². The molecule has 2 heterocycles. The van der Waals surface area contributed by atoms with E-state index >= 15 is 0 Å². The number of nitrogens with one attached hydrogen (secondary N) is 1. The van der Waals surface area contributed by atoms with Gasteiger partial charge in [0.15, 0.2) is 10.9 Å². The molecule has 0 saturated carbocycles. The quantitative estimate of drug-likeness (QED) is 0.760. The van der Waals surface area contributed by atoms with E-state index < -0.39 is 0 Å². The largest absolute Gasteiger partial charge is 0.486 e. The summed E-state index contributed by atoms with van der Waals surface area (Å²) in [5.74, 6) is 0.683. The Bertz CT molecular complexity index is 300. The Labute approximate surface area is 88.4 Å². The second kappa shape index (κ2) is 4.62. The van der Waals surface area contributed by atoms with E-state index in [1.54, 1.807) is 6.20 Å². The molecule has 1 fully saturated rings. The first-order valence-corrected chi connectivity index (χ1v) is 5.22. The van der Waals surface area contributed by atoms with Gasteiger partial charge in [-0.05, 0) is 31.5 Å². The van der Waals surface area contributed by atoms with Gasteiger partial charge in [0.2, 0.25) is 0 Å². The molecule has 4 heteroatoms. The zero-order chi connectivity index (χ0) is 9.80. The molecule has 0 aliphatic carbocycles. The van der Waals surface area contributed by atoms with Gasteiger partial charge in [-0.15, -0.1) is 0 Å². The van der Waals surface area contributed by atoms with Crippen LogP contribution in [-0.2, 0) is 0 Å². The van der Waals surface area contributed by atoms with Crippen molar-refractivity contribution in [1.82, 2.24) is 10.3 Å². The third kappa shape index (κ3) is 2.36. The lowest BCUT2D eigenvalue weighted by molar-refractivity contribution is 0.166. The van der Waals surface area contributed by atoms with E-state index in [-0.39, 0.29) is 6.10 Å². The Morgan fingerprint density at radius 3 is 3.21 bits per heavy atom. The van der Waals surface area contributed by atoms with Crippen LogP contribution >= 0.6 is 11.6 Å². The van der Waals surface area contributed by atoms with Crippen molar-refractivity contribution in [3.05, 3.63) is 23.5 Å². The summed E-state index contributed by atoms with van der Waals surface area (Å²) in [6.07, 6.45) is 4.13. The lowest BCUT2D eigenvalue weighted by Crippen LogP contribution is -2.37. The van der Waals surface area contributed by atoms with Crippen LogP contribution in [0.3, 0.4) is 0 Å². The summed E-state index contributed by atoms with van der Waals surface area (Å²) in [5, 5.41) is 3.73. The third-order valence-electron chi connectivity index (χ3n) is 2.27. The fourth-order valence-electron chi connectivity index (χ4n) is 1.56. The van der Waals surface area contributed by atoms with Crippen molar-refractivity contribution >= 4 is 11.6 Å². The molecule has 1 N–H and O–H groups in total. The van der Waals surface area contributed by atoms with Crippen LogP contribution in [0, 0.1) is 0 Å². The van der Waals surface area contributed by atoms with Crippen LogP contribution in [0.15, 0.2) is 18.3 Å². The molecule has 1 aromatic heterocycles. The van der Waals surface area contributed by atoms with Crippen molar-refractivity contribution < 1.29 is 4.74 Å². The Morgan fingerprint density at radius 1 is 1.57 bits per heavy atom. The van der Waals surface area contributed by atoms with Gasteiger partial charge in [0.25, 0.3) is 0 Å². The van der Waals surface area contributed by atoms with Crippen LogP contribution in [0.1, 0.15) is 12.8 Å². The van der Waals surface area contributed by atoms with Crippen LogP contribution in [0.25, 0.3) is 0 Å². The minimum Gasteiger partial charge on any atom is -0.486 e. The molecule has 1 aromatic rings. The average Bonchev–Trinajstić information content (AvgIpc) is 2.23. The molecular weight excluding hydrogens is 200 g/mol. The molecule has 0 bridgehead atoms. The summed E-state index contributed by atoms with van der Waals surface area (Å²) in [4.78, 5) is 3.96. The monoisotopic (exact) mass is 212 g/mol. The molecule has 2 rings (SSSR count). The molecule has 1 aliphatic heterocycles. The third-order valence-corrected chi connectivity index (χ3v) is 2.55. The lowest BCUT2D eigenvalue weighted by Gasteiger charge is -2.23. The van der Waals surface area contributed by atoms with Crippen molar-refractivity contribution in [2.75, 3.05) is 13.1 Å². The minimum absolute atomic E-state index is 0.227. The average molecular weight is 213 g/mol. The summed E-state index contributed by atoms with van der Waals surface area (Å²) < 4.78 is 5.73. The topological polar surface area (TPSA) is 34.1 Å². The first-order chi connectivity index (χ1) is 6.86. The number of hydrogen-bond acceptors (Lipinski definition) is 3. The first-order valence-electron chi connectivity index (χ1n) is 4.84. The van der Waals surface area contributed by atoms with Crippen LogP contribution in [0.4, 0.5) is 0 Å².